The van der Waals surface area contributed by atoms with Crippen molar-refractivity contribution in [2.75, 3.05) is 18.6 Å². The van der Waals surface area contributed by atoms with Crippen molar-refractivity contribution in [1.29, 1.82) is 0 Å². The molecule has 2 aromatic carbocycles. The number of hydrogen-bond acceptors (Lipinski definition) is 6. The van der Waals surface area contributed by atoms with E-state index in [1.807, 2.05) is 42.7 Å². The van der Waals surface area contributed by atoms with Gasteiger partial charge in [-0.3, -0.25) is 14.4 Å². The fraction of sp³-hybridized carbons (Fsp3) is 0.360. The van der Waals surface area contributed by atoms with Crippen molar-refractivity contribution in [2.45, 2.75) is 37.4 Å². The molecule has 0 aliphatic heterocycles. The van der Waals surface area contributed by atoms with Crippen molar-refractivity contribution in [2.24, 2.45) is 5.73 Å². The molecule has 3 atom stereocenters. The molecule has 10 heteroatoms. The van der Waals surface area contributed by atoms with E-state index < -0.39 is 41.8 Å². The minimum atomic E-state index is -1.18. The number of carboxylic acids is 1. The number of amides is 3. The van der Waals surface area contributed by atoms with Gasteiger partial charge in [0.1, 0.15) is 18.1 Å². The first-order chi connectivity index (χ1) is 16.8. The van der Waals surface area contributed by atoms with Crippen LogP contribution in [0.25, 0.3) is 0 Å². The molecule has 0 bridgehead atoms. The zero-order valence-electron chi connectivity index (χ0n) is 19.6. The van der Waals surface area contributed by atoms with Gasteiger partial charge in [0.05, 0.1) is 6.54 Å². The molecule has 0 aliphatic rings. The van der Waals surface area contributed by atoms with Crippen LogP contribution in [0.3, 0.4) is 0 Å². The van der Waals surface area contributed by atoms with Gasteiger partial charge in [0.15, 0.2) is 0 Å². The molecule has 0 aliphatic carbocycles. The lowest BCUT2D eigenvalue weighted by Crippen LogP contribution is -2.57. The molecule has 0 aromatic heterocycles. The monoisotopic (exact) mass is 500 g/mol. The third-order valence-corrected chi connectivity index (χ3v) is 5.90. The Hall–Kier alpha value is -3.37. The molecule has 188 valence electrons. The summed E-state index contributed by atoms with van der Waals surface area (Å²) in [6, 6.07) is 14.9. The molecule has 6 N–H and O–H groups in total. The summed E-state index contributed by atoms with van der Waals surface area (Å²) in [6.07, 6.45) is 2.47. The molecule has 3 unspecified atom stereocenters. The van der Waals surface area contributed by atoms with E-state index in [2.05, 4.69) is 16.0 Å². The largest absolute Gasteiger partial charge is 0.480 e. The number of nitrogens with two attached hydrogens (primary N) is 1. The van der Waals surface area contributed by atoms with Crippen molar-refractivity contribution in [3.8, 4) is 0 Å². The molecule has 2 rings (SSSR count). The number of thioether (sulfide) groups is 1. The average Bonchev–Trinajstić information content (AvgIpc) is 2.86. The number of nitrogens with one attached hydrogen (secondary N) is 3. The fourth-order valence-electron chi connectivity index (χ4n) is 3.41. The summed E-state index contributed by atoms with van der Waals surface area (Å²) >= 11 is 1.52. The number of aliphatic carboxylic acids is 1. The van der Waals surface area contributed by atoms with Gasteiger partial charge < -0.3 is 26.8 Å². The molecule has 0 heterocycles. The molecular weight excluding hydrogens is 468 g/mol. The summed E-state index contributed by atoms with van der Waals surface area (Å²) in [5.74, 6) is -2.22. The Morgan fingerprint density at radius 3 is 1.77 bits per heavy atom. The van der Waals surface area contributed by atoms with Crippen LogP contribution in [0.1, 0.15) is 17.5 Å². The SMILES string of the molecule is CSCCC(NC(=O)CN)C(=O)NC(Cc1ccccc1)C(=O)NC(Cc1ccccc1)C(=O)O. The second-order valence-corrected chi connectivity index (χ2v) is 8.93. The van der Waals surface area contributed by atoms with Gasteiger partial charge >= 0.3 is 5.97 Å². The smallest absolute Gasteiger partial charge is 0.326 e. The highest BCUT2D eigenvalue weighted by Gasteiger charge is 2.29. The van der Waals surface area contributed by atoms with Gasteiger partial charge in [-0.15, -0.1) is 0 Å². The van der Waals surface area contributed by atoms with Gasteiger partial charge in [-0.2, -0.15) is 11.8 Å². The Bertz CT molecular complexity index is 974. The number of carbonyl (C=O) groups excluding carboxylic acids is 3. The van der Waals surface area contributed by atoms with E-state index in [0.29, 0.717) is 12.2 Å². The van der Waals surface area contributed by atoms with Crippen LogP contribution in [0, 0.1) is 0 Å². The lowest BCUT2D eigenvalue weighted by Gasteiger charge is -2.24. The minimum absolute atomic E-state index is 0.0941. The second-order valence-electron chi connectivity index (χ2n) is 7.95. The zero-order chi connectivity index (χ0) is 25.6. The minimum Gasteiger partial charge on any atom is -0.480 e. The maximum absolute atomic E-state index is 13.2. The van der Waals surface area contributed by atoms with Crippen molar-refractivity contribution in [3.05, 3.63) is 71.8 Å². The Kier molecular flexibility index (Phi) is 11.8. The van der Waals surface area contributed by atoms with E-state index in [1.54, 1.807) is 24.3 Å². The fourth-order valence-corrected chi connectivity index (χ4v) is 3.88. The van der Waals surface area contributed by atoms with Crippen LogP contribution >= 0.6 is 11.8 Å². The standard InChI is InChI=1S/C25H32N4O5S/c1-35-13-12-19(27-22(30)16-26)23(31)28-20(14-17-8-4-2-5-9-17)24(32)29-21(25(33)34)15-18-10-6-3-7-11-18/h2-11,19-21H,12-16,26H2,1H3,(H,27,30)(H,28,31)(H,29,32)(H,33,34). The molecule has 0 radical (unpaired) electrons. The molecule has 0 fully saturated rings. The van der Waals surface area contributed by atoms with Crippen LogP contribution in [-0.4, -0.2) is 65.5 Å². The molecule has 35 heavy (non-hydrogen) atoms. The van der Waals surface area contributed by atoms with E-state index in [4.69, 9.17) is 5.73 Å². The lowest BCUT2D eigenvalue weighted by atomic mass is 10.0. The van der Waals surface area contributed by atoms with Crippen molar-refractivity contribution < 1.29 is 24.3 Å². The Labute approximate surface area is 209 Å². The summed E-state index contributed by atoms with van der Waals surface area (Å²) in [7, 11) is 0. The first-order valence-electron chi connectivity index (χ1n) is 11.2. The van der Waals surface area contributed by atoms with Crippen LogP contribution < -0.4 is 21.7 Å². The van der Waals surface area contributed by atoms with Crippen LogP contribution in [0.4, 0.5) is 0 Å². The van der Waals surface area contributed by atoms with Crippen LogP contribution in [0.5, 0.6) is 0 Å². The van der Waals surface area contributed by atoms with Gasteiger partial charge in [0.2, 0.25) is 17.7 Å². The van der Waals surface area contributed by atoms with E-state index in [1.165, 1.54) is 11.8 Å². The van der Waals surface area contributed by atoms with Gasteiger partial charge in [-0.1, -0.05) is 60.7 Å². The second kappa shape index (κ2) is 14.8. The molecule has 3 amide bonds. The summed E-state index contributed by atoms with van der Waals surface area (Å²) in [4.78, 5) is 49.9. The maximum Gasteiger partial charge on any atom is 0.326 e. The normalized spacial score (nSPS) is 13.2. The average molecular weight is 501 g/mol. The number of hydrogen-bond donors (Lipinski definition) is 5. The molecule has 0 saturated carbocycles. The Morgan fingerprint density at radius 2 is 1.29 bits per heavy atom. The quantitative estimate of drug-likeness (QED) is 0.256. The Morgan fingerprint density at radius 1 is 0.800 bits per heavy atom. The van der Waals surface area contributed by atoms with Crippen LogP contribution in [0.2, 0.25) is 0 Å². The highest BCUT2D eigenvalue weighted by Crippen LogP contribution is 2.08. The zero-order valence-corrected chi connectivity index (χ0v) is 20.4. The van der Waals surface area contributed by atoms with Crippen molar-refractivity contribution in [1.82, 2.24) is 16.0 Å². The molecular formula is C25H32N4O5S. The van der Waals surface area contributed by atoms with E-state index in [-0.39, 0.29) is 19.4 Å². The van der Waals surface area contributed by atoms with Crippen molar-refractivity contribution >= 4 is 35.5 Å². The van der Waals surface area contributed by atoms with Gasteiger partial charge in [-0.05, 0) is 29.6 Å². The van der Waals surface area contributed by atoms with Crippen LogP contribution in [-0.2, 0) is 32.0 Å². The van der Waals surface area contributed by atoms with E-state index in [9.17, 15) is 24.3 Å². The molecule has 9 nitrogen and oxygen atoms in total. The third-order valence-electron chi connectivity index (χ3n) is 5.26. The summed E-state index contributed by atoms with van der Waals surface area (Å²) in [5, 5.41) is 17.5. The first kappa shape index (κ1) is 27.9. The van der Waals surface area contributed by atoms with Gasteiger partial charge in [0, 0.05) is 12.8 Å². The number of rotatable bonds is 14. The third kappa shape index (κ3) is 9.79. The van der Waals surface area contributed by atoms with Gasteiger partial charge in [0.25, 0.3) is 0 Å². The highest BCUT2D eigenvalue weighted by atomic mass is 32.2. The molecule has 0 saturated heterocycles. The van der Waals surface area contributed by atoms with Crippen LogP contribution in [0.15, 0.2) is 60.7 Å². The Balaban J connectivity index is 2.21. The number of carboxylic acid groups (broad SMARTS) is 1. The van der Waals surface area contributed by atoms with Crippen molar-refractivity contribution in [3.63, 3.8) is 0 Å². The van der Waals surface area contributed by atoms with E-state index in [0.717, 1.165) is 11.1 Å². The number of carbonyl (C=O) groups is 4. The van der Waals surface area contributed by atoms with E-state index >= 15 is 0 Å². The molecule has 2 aromatic rings. The predicted octanol–water partition coefficient (Wildman–Crippen LogP) is 0.723. The number of benzene rings is 2. The maximum atomic E-state index is 13.2. The van der Waals surface area contributed by atoms with Gasteiger partial charge in [-0.25, -0.2) is 4.79 Å². The topological polar surface area (TPSA) is 151 Å². The summed E-state index contributed by atoms with van der Waals surface area (Å²) in [6.45, 7) is -0.267. The lowest BCUT2D eigenvalue weighted by molar-refractivity contribution is -0.142. The molecule has 0 spiro atoms. The summed E-state index contributed by atoms with van der Waals surface area (Å²) < 4.78 is 0. The highest BCUT2D eigenvalue weighted by molar-refractivity contribution is 7.98. The first-order valence-corrected chi connectivity index (χ1v) is 12.6. The summed E-state index contributed by atoms with van der Waals surface area (Å²) in [5.41, 5.74) is 6.92. The predicted molar refractivity (Wildman–Crippen MR) is 136 cm³/mol.